The molecule has 0 aliphatic heterocycles. The highest BCUT2D eigenvalue weighted by molar-refractivity contribution is 5.30. The molecule has 0 spiro atoms. The Balaban J connectivity index is 2.94. The molecule has 1 rings (SSSR count). The third-order valence-corrected chi connectivity index (χ3v) is 2.15. The van der Waals surface area contributed by atoms with Crippen molar-refractivity contribution >= 4 is 0 Å². The van der Waals surface area contributed by atoms with Gasteiger partial charge in [-0.3, -0.25) is 0 Å². The van der Waals surface area contributed by atoms with Crippen LogP contribution in [0.25, 0.3) is 0 Å². The van der Waals surface area contributed by atoms with E-state index < -0.39 is 0 Å². The Labute approximate surface area is 72.1 Å². The number of ether oxygens (including phenoxy) is 1. The second kappa shape index (κ2) is 3.52. The van der Waals surface area contributed by atoms with Crippen molar-refractivity contribution in [2.24, 2.45) is 11.1 Å². The molecule has 0 radical (unpaired) electrons. The van der Waals surface area contributed by atoms with Crippen molar-refractivity contribution in [3.8, 4) is 0 Å². The maximum atomic E-state index is 10.3. The van der Waals surface area contributed by atoms with E-state index in [9.17, 15) is 4.91 Å². The molecule has 0 aromatic rings. The van der Waals surface area contributed by atoms with Gasteiger partial charge in [-0.25, -0.2) is 0 Å². The van der Waals surface area contributed by atoms with Crippen LogP contribution in [0, 0.1) is 10.8 Å². The van der Waals surface area contributed by atoms with Crippen LogP contribution in [0.4, 0.5) is 0 Å². The number of allylic oxidation sites excluding steroid dienone is 4. The maximum Gasteiger partial charge on any atom is 0.0990 e. The molecule has 1 atom stereocenters. The highest BCUT2D eigenvalue weighted by Gasteiger charge is 2.18. The first-order valence-electron chi connectivity index (χ1n) is 3.97. The van der Waals surface area contributed by atoms with Crippen molar-refractivity contribution in [3.05, 3.63) is 28.0 Å². The average Bonchev–Trinajstić information content (AvgIpc) is 2.08. The Morgan fingerprint density at radius 1 is 1.67 bits per heavy atom. The minimum atomic E-state index is 0.270. The summed E-state index contributed by atoms with van der Waals surface area (Å²) in [6.07, 6.45) is 2.57. The molecule has 1 unspecified atom stereocenters. The normalized spacial score (nSPS) is 23.6. The van der Waals surface area contributed by atoms with E-state index in [2.05, 4.69) is 5.18 Å². The lowest BCUT2D eigenvalue weighted by Gasteiger charge is -2.19. The average molecular weight is 167 g/mol. The van der Waals surface area contributed by atoms with E-state index in [0.717, 1.165) is 11.3 Å². The molecular formula is C9H13NO2. The van der Waals surface area contributed by atoms with Gasteiger partial charge in [0.05, 0.1) is 18.6 Å². The van der Waals surface area contributed by atoms with E-state index in [1.54, 1.807) is 7.11 Å². The quantitative estimate of drug-likeness (QED) is 0.593. The lowest BCUT2D eigenvalue weighted by Crippen LogP contribution is -2.08. The topological polar surface area (TPSA) is 38.7 Å². The molecule has 1 aliphatic carbocycles. The van der Waals surface area contributed by atoms with Gasteiger partial charge >= 0.3 is 0 Å². The van der Waals surface area contributed by atoms with Gasteiger partial charge in [0.25, 0.3) is 0 Å². The van der Waals surface area contributed by atoms with Gasteiger partial charge < -0.3 is 4.74 Å². The predicted octanol–water partition coefficient (Wildman–Crippen LogP) is 2.60. The van der Waals surface area contributed by atoms with Crippen LogP contribution >= 0.6 is 0 Å². The molecule has 66 valence electrons. The summed E-state index contributed by atoms with van der Waals surface area (Å²) < 4.78 is 5.15. The Kier molecular flexibility index (Phi) is 2.63. The number of rotatable bonds is 2. The fraction of sp³-hybridized carbons (Fsp3) is 0.556. The summed E-state index contributed by atoms with van der Waals surface area (Å²) in [6, 6.07) is 0. The summed E-state index contributed by atoms with van der Waals surface area (Å²) in [5.41, 5.74) is 1.56. The van der Waals surface area contributed by atoms with Gasteiger partial charge in [0.1, 0.15) is 0 Å². The second-order valence-corrected chi connectivity index (χ2v) is 3.08. The summed E-state index contributed by atoms with van der Waals surface area (Å²) in [5, 5.41) is 2.98. The van der Waals surface area contributed by atoms with Gasteiger partial charge in [-0.1, -0.05) is 6.92 Å². The van der Waals surface area contributed by atoms with Gasteiger partial charge in [0.15, 0.2) is 0 Å². The lowest BCUT2D eigenvalue weighted by atomic mass is 9.94. The molecule has 0 saturated carbocycles. The first-order chi connectivity index (χ1) is 5.69. The summed E-state index contributed by atoms with van der Waals surface area (Å²) in [5.74, 6) is 1.20. The molecule has 12 heavy (non-hydrogen) atoms. The summed E-state index contributed by atoms with van der Waals surface area (Å²) in [4.78, 5) is 10.3. The van der Waals surface area contributed by atoms with Crippen molar-refractivity contribution in [1.82, 2.24) is 0 Å². The molecular weight excluding hydrogens is 154 g/mol. The zero-order valence-corrected chi connectivity index (χ0v) is 7.63. The number of hydrogen-bond donors (Lipinski definition) is 0. The molecule has 3 heteroatoms. The van der Waals surface area contributed by atoms with E-state index in [-0.39, 0.29) is 5.92 Å². The summed E-state index contributed by atoms with van der Waals surface area (Å²) in [6.45, 7) is 3.90. The monoisotopic (exact) mass is 167 g/mol. The Morgan fingerprint density at radius 3 is 2.83 bits per heavy atom. The van der Waals surface area contributed by atoms with Gasteiger partial charge in [-0.15, -0.1) is 4.91 Å². The number of nitrogens with zero attached hydrogens (tertiary/aromatic N) is 1. The third-order valence-electron chi connectivity index (χ3n) is 2.15. The number of nitroso groups, excluding NO2 is 1. The van der Waals surface area contributed by atoms with Crippen LogP contribution in [0.15, 0.2) is 28.3 Å². The minimum Gasteiger partial charge on any atom is -0.501 e. The molecule has 0 N–H and O–H groups in total. The van der Waals surface area contributed by atoms with Crippen molar-refractivity contribution in [1.29, 1.82) is 0 Å². The van der Waals surface area contributed by atoms with Crippen LogP contribution in [-0.2, 0) is 4.74 Å². The van der Waals surface area contributed by atoms with Gasteiger partial charge in [0.2, 0.25) is 0 Å². The number of hydrogen-bond acceptors (Lipinski definition) is 3. The molecule has 0 bridgehead atoms. The van der Waals surface area contributed by atoms with Crippen LogP contribution < -0.4 is 0 Å². The largest absolute Gasteiger partial charge is 0.501 e. The SMILES string of the molecule is COC1=CC(C)=C(N=O)CC1C. The second-order valence-electron chi connectivity index (χ2n) is 3.08. The number of methoxy groups -OCH3 is 1. The molecule has 0 heterocycles. The third kappa shape index (κ3) is 1.55. The van der Waals surface area contributed by atoms with Crippen molar-refractivity contribution in [2.75, 3.05) is 7.11 Å². The zero-order chi connectivity index (χ0) is 9.14. The van der Waals surface area contributed by atoms with Gasteiger partial charge in [-0.2, -0.15) is 0 Å². The smallest absolute Gasteiger partial charge is 0.0990 e. The van der Waals surface area contributed by atoms with Crippen molar-refractivity contribution in [3.63, 3.8) is 0 Å². The van der Waals surface area contributed by atoms with E-state index in [1.807, 2.05) is 19.9 Å². The van der Waals surface area contributed by atoms with Crippen LogP contribution in [0.3, 0.4) is 0 Å². The van der Waals surface area contributed by atoms with E-state index in [0.29, 0.717) is 12.1 Å². The fourth-order valence-corrected chi connectivity index (χ4v) is 1.36. The predicted molar refractivity (Wildman–Crippen MR) is 47.4 cm³/mol. The Hall–Kier alpha value is -1.12. The molecule has 3 nitrogen and oxygen atoms in total. The standard InChI is InChI=1S/C9H13NO2/c1-6-5-9(12-3)7(2)4-8(6)10-11/h5,7H,4H2,1-3H3. The zero-order valence-electron chi connectivity index (χ0n) is 7.63. The summed E-state index contributed by atoms with van der Waals surface area (Å²) >= 11 is 0. The van der Waals surface area contributed by atoms with Crippen molar-refractivity contribution in [2.45, 2.75) is 20.3 Å². The molecule has 0 aromatic heterocycles. The van der Waals surface area contributed by atoms with Crippen LogP contribution in [0.5, 0.6) is 0 Å². The van der Waals surface area contributed by atoms with E-state index in [4.69, 9.17) is 4.74 Å². The first-order valence-corrected chi connectivity index (χ1v) is 3.97. The first kappa shape index (κ1) is 8.97. The highest BCUT2D eigenvalue weighted by Crippen LogP contribution is 2.29. The van der Waals surface area contributed by atoms with E-state index >= 15 is 0 Å². The lowest BCUT2D eigenvalue weighted by molar-refractivity contribution is 0.243. The van der Waals surface area contributed by atoms with Gasteiger partial charge in [0, 0.05) is 12.3 Å². The van der Waals surface area contributed by atoms with E-state index in [1.165, 1.54) is 0 Å². The molecule has 1 aliphatic rings. The molecule has 0 amide bonds. The Morgan fingerprint density at radius 2 is 2.33 bits per heavy atom. The fourth-order valence-electron chi connectivity index (χ4n) is 1.36. The van der Waals surface area contributed by atoms with Gasteiger partial charge in [-0.05, 0) is 23.7 Å². The molecule has 0 saturated heterocycles. The molecule has 0 fully saturated rings. The van der Waals surface area contributed by atoms with Crippen LogP contribution in [0.1, 0.15) is 20.3 Å². The van der Waals surface area contributed by atoms with Crippen molar-refractivity contribution < 1.29 is 4.74 Å². The summed E-state index contributed by atoms with van der Waals surface area (Å²) in [7, 11) is 1.65. The van der Waals surface area contributed by atoms with Crippen LogP contribution in [0.2, 0.25) is 0 Å². The minimum absolute atomic E-state index is 0.270. The maximum absolute atomic E-state index is 10.3. The van der Waals surface area contributed by atoms with Crippen LogP contribution in [-0.4, -0.2) is 7.11 Å². The molecule has 0 aromatic carbocycles. The highest BCUT2D eigenvalue weighted by atomic mass is 16.5. The Bertz CT molecular complexity index is 253.